The first-order valence-electron chi connectivity index (χ1n) is 8.39. The molecule has 1 amide bonds. The molecule has 0 bridgehead atoms. The predicted octanol–water partition coefficient (Wildman–Crippen LogP) is 3.58. The summed E-state index contributed by atoms with van der Waals surface area (Å²) in [5.41, 5.74) is 0.946. The molecule has 0 aliphatic rings. The third-order valence-electron chi connectivity index (χ3n) is 4.07. The largest absolute Gasteiger partial charge is 0.325 e. The monoisotopic (exact) mass is 401 g/mol. The molecule has 3 aromatic rings. The highest BCUT2D eigenvalue weighted by atomic mass is 32.2. The van der Waals surface area contributed by atoms with Gasteiger partial charge < -0.3 is 5.32 Å². The average Bonchev–Trinajstić information content (AvgIpc) is 3.08. The van der Waals surface area contributed by atoms with Crippen molar-refractivity contribution in [2.24, 2.45) is 0 Å². The van der Waals surface area contributed by atoms with E-state index in [2.05, 4.69) is 10.3 Å². The van der Waals surface area contributed by atoms with Crippen LogP contribution in [0.15, 0.2) is 40.3 Å². The fourth-order valence-corrected chi connectivity index (χ4v) is 4.21. The molecular formula is C19H19N3O3S2. The summed E-state index contributed by atoms with van der Waals surface area (Å²) >= 11 is 2.94. The van der Waals surface area contributed by atoms with Crippen molar-refractivity contribution >= 4 is 50.7 Å². The van der Waals surface area contributed by atoms with Gasteiger partial charge in [0, 0.05) is 22.3 Å². The van der Waals surface area contributed by atoms with E-state index < -0.39 is 0 Å². The Balaban J connectivity index is 1.89. The Labute approximate surface area is 164 Å². The maximum Gasteiger partial charge on any atom is 0.262 e. The maximum atomic E-state index is 12.7. The number of carbonyl (C=O) groups is 2. The van der Waals surface area contributed by atoms with Crippen molar-refractivity contribution in [2.75, 3.05) is 11.6 Å². The molecule has 8 heteroatoms. The highest BCUT2D eigenvalue weighted by Gasteiger charge is 2.14. The van der Waals surface area contributed by atoms with E-state index in [1.54, 1.807) is 18.2 Å². The zero-order chi connectivity index (χ0) is 19.6. The number of thioether (sulfide) groups is 1. The van der Waals surface area contributed by atoms with Gasteiger partial charge >= 0.3 is 0 Å². The number of nitrogens with zero attached hydrogens (tertiary/aromatic N) is 2. The smallest absolute Gasteiger partial charge is 0.262 e. The quantitative estimate of drug-likeness (QED) is 0.504. The number of carbonyl (C=O) groups excluding carboxylic acids is 2. The maximum absolute atomic E-state index is 12.7. The topological polar surface area (TPSA) is 81.1 Å². The van der Waals surface area contributed by atoms with Gasteiger partial charge in [-0.1, -0.05) is 6.92 Å². The molecule has 3 rings (SSSR count). The average molecular weight is 402 g/mol. The third kappa shape index (κ3) is 4.12. The standard InChI is InChI=1S/C19H19N3O3S2/c1-4-13-8-14-18(27-13)20-10-22(19(14)25)9-16(24)12-5-6-15(21-11(2)23)17(7-12)26-3/h5-8,10H,4,9H2,1-3H3,(H,21,23). The van der Waals surface area contributed by atoms with Crippen LogP contribution in [0.2, 0.25) is 0 Å². The van der Waals surface area contributed by atoms with Gasteiger partial charge in [0.25, 0.3) is 5.56 Å². The molecule has 0 fully saturated rings. The van der Waals surface area contributed by atoms with Gasteiger partial charge in [-0.15, -0.1) is 23.1 Å². The van der Waals surface area contributed by atoms with Crippen LogP contribution < -0.4 is 10.9 Å². The zero-order valence-corrected chi connectivity index (χ0v) is 16.9. The zero-order valence-electron chi connectivity index (χ0n) is 15.2. The fraction of sp³-hybridized carbons (Fsp3) is 0.263. The van der Waals surface area contributed by atoms with Crippen LogP contribution in [0, 0.1) is 0 Å². The molecule has 1 aromatic carbocycles. The molecule has 0 radical (unpaired) electrons. The van der Waals surface area contributed by atoms with Crippen LogP contribution in [0.5, 0.6) is 0 Å². The van der Waals surface area contributed by atoms with Crippen molar-refractivity contribution in [3.8, 4) is 0 Å². The number of benzene rings is 1. The van der Waals surface area contributed by atoms with Gasteiger partial charge in [0.05, 0.1) is 23.9 Å². The molecule has 2 heterocycles. The molecule has 0 spiro atoms. The van der Waals surface area contributed by atoms with Crippen LogP contribution in [0.3, 0.4) is 0 Å². The first kappa shape index (κ1) is 19.3. The predicted molar refractivity (Wildman–Crippen MR) is 110 cm³/mol. The molecule has 140 valence electrons. The number of aryl methyl sites for hydroxylation is 1. The molecule has 1 N–H and O–H groups in total. The lowest BCUT2D eigenvalue weighted by atomic mass is 10.1. The molecule has 0 atom stereocenters. The number of aromatic nitrogens is 2. The Morgan fingerprint density at radius 2 is 2.07 bits per heavy atom. The second-order valence-corrected chi connectivity index (χ2v) is 7.95. The van der Waals surface area contributed by atoms with Gasteiger partial charge in [-0.05, 0) is 36.9 Å². The third-order valence-corrected chi connectivity index (χ3v) is 6.03. The minimum absolute atomic E-state index is 0.0770. The number of nitrogens with one attached hydrogen (secondary N) is 1. The Bertz CT molecular complexity index is 1090. The summed E-state index contributed by atoms with van der Waals surface area (Å²) in [6, 6.07) is 6.95. The number of ketones is 1. The van der Waals surface area contributed by atoms with Crippen molar-refractivity contribution < 1.29 is 9.59 Å². The van der Waals surface area contributed by atoms with Gasteiger partial charge in [0.15, 0.2) is 5.78 Å². The van der Waals surface area contributed by atoms with E-state index in [4.69, 9.17) is 0 Å². The Morgan fingerprint density at radius 3 is 2.74 bits per heavy atom. The van der Waals surface area contributed by atoms with Crippen LogP contribution in [-0.2, 0) is 17.8 Å². The van der Waals surface area contributed by atoms with E-state index in [0.717, 1.165) is 16.2 Å². The Morgan fingerprint density at radius 1 is 1.30 bits per heavy atom. The first-order valence-corrected chi connectivity index (χ1v) is 10.4. The summed E-state index contributed by atoms with van der Waals surface area (Å²) in [6.45, 7) is 3.39. The summed E-state index contributed by atoms with van der Waals surface area (Å²) in [7, 11) is 0. The lowest BCUT2D eigenvalue weighted by molar-refractivity contribution is -0.114. The lowest BCUT2D eigenvalue weighted by Gasteiger charge is -2.10. The number of hydrogen-bond acceptors (Lipinski definition) is 6. The van der Waals surface area contributed by atoms with Crippen molar-refractivity contribution in [3.05, 3.63) is 51.4 Å². The van der Waals surface area contributed by atoms with Crippen molar-refractivity contribution in [1.82, 2.24) is 9.55 Å². The first-order chi connectivity index (χ1) is 12.9. The number of thiophene rings is 1. The van der Waals surface area contributed by atoms with E-state index in [1.807, 2.05) is 19.2 Å². The SMILES string of the molecule is CCc1cc2c(=O)n(CC(=O)c3ccc(NC(C)=O)c(SC)c3)cnc2s1. The lowest BCUT2D eigenvalue weighted by Crippen LogP contribution is -2.24. The van der Waals surface area contributed by atoms with Crippen LogP contribution in [0.1, 0.15) is 29.1 Å². The number of hydrogen-bond donors (Lipinski definition) is 1. The molecule has 0 saturated carbocycles. The number of amides is 1. The summed E-state index contributed by atoms with van der Waals surface area (Å²) in [6.07, 6.45) is 4.15. The highest BCUT2D eigenvalue weighted by molar-refractivity contribution is 7.98. The van der Waals surface area contributed by atoms with E-state index >= 15 is 0 Å². The second-order valence-electron chi connectivity index (χ2n) is 5.98. The van der Waals surface area contributed by atoms with Crippen molar-refractivity contribution in [3.63, 3.8) is 0 Å². The normalized spacial score (nSPS) is 10.9. The fourth-order valence-electron chi connectivity index (χ4n) is 2.70. The molecule has 0 aliphatic carbocycles. The van der Waals surface area contributed by atoms with Crippen LogP contribution in [0.4, 0.5) is 5.69 Å². The number of rotatable bonds is 6. The number of anilines is 1. The van der Waals surface area contributed by atoms with E-state index in [-0.39, 0.29) is 23.8 Å². The minimum Gasteiger partial charge on any atom is -0.325 e. The van der Waals surface area contributed by atoms with E-state index in [0.29, 0.717) is 21.5 Å². The molecule has 6 nitrogen and oxygen atoms in total. The number of Topliss-reactive ketones (excluding diaryl/α,β-unsaturated/α-hetero) is 1. The summed E-state index contributed by atoms with van der Waals surface area (Å²) in [5.74, 6) is -0.355. The molecule has 0 saturated heterocycles. The summed E-state index contributed by atoms with van der Waals surface area (Å²) in [5, 5.41) is 3.30. The van der Waals surface area contributed by atoms with Crippen LogP contribution >= 0.6 is 23.1 Å². The van der Waals surface area contributed by atoms with Crippen LogP contribution in [-0.4, -0.2) is 27.5 Å². The van der Waals surface area contributed by atoms with Gasteiger partial charge in [-0.3, -0.25) is 19.0 Å². The highest BCUT2D eigenvalue weighted by Crippen LogP contribution is 2.27. The van der Waals surface area contributed by atoms with E-state index in [9.17, 15) is 14.4 Å². The number of fused-ring (bicyclic) bond motifs is 1. The van der Waals surface area contributed by atoms with Gasteiger partial charge in [0.1, 0.15) is 4.83 Å². The Kier molecular flexibility index (Phi) is 5.76. The molecule has 0 aliphatic heterocycles. The van der Waals surface area contributed by atoms with Crippen LogP contribution in [0.25, 0.3) is 10.2 Å². The minimum atomic E-state index is -0.204. The van der Waals surface area contributed by atoms with E-state index in [1.165, 1.54) is 40.9 Å². The summed E-state index contributed by atoms with van der Waals surface area (Å²) < 4.78 is 1.34. The van der Waals surface area contributed by atoms with Gasteiger partial charge in [0.2, 0.25) is 5.91 Å². The summed E-state index contributed by atoms with van der Waals surface area (Å²) in [4.78, 5) is 43.5. The molecular weight excluding hydrogens is 382 g/mol. The van der Waals surface area contributed by atoms with Crippen molar-refractivity contribution in [1.29, 1.82) is 0 Å². The van der Waals surface area contributed by atoms with Gasteiger partial charge in [-0.2, -0.15) is 0 Å². The molecule has 27 heavy (non-hydrogen) atoms. The van der Waals surface area contributed by atoms with Crippen molar-refractivity contribution in [2.45, 2.75) is 31.7 Å². The molecule has 2 aromatic heterocycles. The second kappa shape index (κ2) is 8.06. The Hall–Kier alpha value is -2.45. The van der Waals surface area contributed by atoms with Gasteiger partial charge in [-0.25, -0.2) is 4.98 Å². The molecule has 0 unspecified atom stereocenters.